The monoisotopic (exact) mass is 286 g/mol. The van der Waals surface area contributed by atoms with Crippen LogP contribution in [0.15, 0.2) is 41.1 Å². The number of benzene rings is 1. The van der Waals surface area contributed by atoms with Gasteiger partial charge in [0, 0.05) is 11.6 Å². The van der Waals surface area contributed by atoms with Crippen LogP contribution in [0.2, 0.25) is 0 Å². The first-order valence-electron chi connectivity index (χ1n) is 6.70. The van der Waals surface area contributed by atoms with Crippen molar-refractivity contribution >= 4 is 11.7 Å². The maximum absolute atomic E-state index is 12.0. The molecule has 0 unspecified atom stereocenters. The van der Waals surface area contributed by atoms with Gasteiger partial charge in [-0.15, -0.1) is 0 Å². The second-order valence-corrected chi connectivity index (χ2v) is 5.82. The van der Waals surface area contributed by atoms with E-state index in [1.54, 1.807) is 12.1 Å². The molecular weight excluding hydrogens is 268 g/mol. The molecule has 21 heavy (non-hydrogen) atoms. The van der Waals surface area contributed by atoms with Crippen LogP contribution < -0.4 is 5.32 Å². The van der Waals surface area contributed by atoms with Crippen LogP contribution in [-0.4, -0.2) is 23.4 Å². The van der Waals surface area contributed by atoms with Gasteiger partial charge in [0.2, 0.25) is 0 Å². The van der Waals surface area contributed by atoms with Crippen molar-refractivity contribution in [3.63, 3.8) is 0 Å². The summed E-state index contributed by atoms with van der Waals surface area (Å²) in [7, 11) is 0. The van der Waals surface area contributed by atoms with Crippen LogP contribution in [0.4, 0.5) is 0 Å². The molecule has 0 spiro atoms. The summed E-state index contributed by atoms with van der Waals surface area (Å²) in [6.07, 6.45) is 1.31. The molecule has 0 fully saturated rings. The molecule has 110 valence electrons. The van der Waals surface area contributed by atoms with E-state index >= 15 is 0 Å². The first kappa shape index (κ1) is 15.0. The van der Waals surface area contributed by atoms with E-state index in [-0.39, 0.29) is 23.4 Å². The van der Waals surface area contributed by atoms with E-state index < -0.39 is 5.91 Å². The van der Waals surface area contributed by atoms with E-state index in [2.05, 4.69) is 35.8 Å². The summed E-state index contributed by atoms with van der Waals surface area (Å²) >= 11 is 0. The van der Waals surface area contributed by atoms with Crippen LogP contribution in [-0.2, 0) is 5.41 Å². The molecule has 1 amide bonds. The summed E-state index contributed by atoms with van der Waals surface area (Å²) in [4.78, 5) is 23.7. The molecule has 0 atom stereocenters. The Balaban J connectivity index is 1.96. The standard InChI is InChI=1S/C16H18N2O3/c1-16(2,3)12-6-4-11(5-7-12)14(19)10-17-15(20)13-8-9-21-18-13/h4-9H,10H2,1-3H3,(H,17,20). The summed E-state index contributed by atoms with van der Waals surface area (Å²) in [5, 5.41) is 6.02. The van der Waals surface area contributed by atoms with Crippen LogP contribution in [0, 0.1) is 0 Å². The van der Waals surface area contributed by atoms with Crippen molar-refractivity contribution in [2.75, 3.05) is 6.54 Å². The van der Waals surface area contributed by atoms with Gasteiger partial charge in [-0.05, 0) is 11.0 Å². The average molecular weight is 286 g/mol. The van der Waals surface area contributed by atoms with Crippen LogP contribution in [0.3, 0.4) is 0 Å². The molecule has 1 aromatic carbocycles. The molecule has 0 aliphatic rings. The molecule has 5 nitrogen and oxygen atoms in total. The van der Waals surface area contributed by atoms with Gasteiger partial charge in [-0.2, -0.15) is 0 Å². The molecule has 0 bridgehead atoms. The topological polar surface area (TPSA) is 72.2 Å². The number of hydrogen-bond donors (Lipinski definition) is 1. The predicted molar refractivity (Wildman–Crippen MR) is 78.3 cm³/mol. The highest BCUT2D eigenvalue weighted by Crippen LogP contribution is 2.22. The highest BCUT2D eigenvalue weighted by molar-refractivity contribution is 6.01. The zero-order chi connectivity index (χ0) is 15.5. The van der Waals surface area contributed by atoms with Crippen molar-refractivity contribution < 1.29 is 14.1 Å². The van der Waals surface area contributed by atoms with Gasteiger partial charge >= 0.3 is 0 Å². The van der Waals surface area contributed by atoms with Gasteiger partial charge in [-0.3, -0.25) is 9.59 Å². The molecular formula is C16H18N2O3. The molecule has 0 aliphatic heterocycles. The Bertz CT molecular complexity index is 623. The predicted octanol–water partition coefficient (Wildman–Crippen LogP) is 2.58. The fraction of sp³-hybridized carbons (Fsp3) is 0.312. The van der Waals surface area contributed by atoms with E-state index in [4.69, 9.17) is 0 Å². The van der Waals surface area contributed by atoms with E-state index in [1.165, 1.54) is 12.3 Å². The minimum atomic E-state index is -0.427. The lowest BCUT2D eigenvalue weighted by Crippen LogP contribution is -2.29. The Morgan fingerprint density at radius 2 is 1.81 bits per heavy atom. The highest BCUT2D eigenvalue weighted by Gasteiger charge is 2.15. The van der Waals surface area contributed by atoms with E-state index in [0.29, 0.717) is 5.56 Å². The second-order valence-electron chi connectivity index (χ2n) is 5.82. The van der Waals surface area contributed by atoms with Crippen molar-refractivity contribution in [1.29, 1.82) is 0 Å². The number of carbonyl (C=O) groups is 2. The normalized spacial score (nSPS) is 11.2. The molecule has 0 saturated carbocycles. The Morgan fingerprint density at radius 1 is 1.14 bits per heavy atom. The number of nitrogens with zero attached hydrogens (tertiary/aromatic N) is 1. The Kier molecular flexibility index (Phi) is 4.21. The number of amides is 1. The zero-order valence-corrected chi connectivity index (χ0v) is 12.3. The lowest BCUT2D eigenvalue weighted by molar-refractivity contribution is 0.0898. The summed E-state index contributed by atoms with van der Waals surface area (Å²) in [6, 6.07) is 8.88. The average Bonchev–Trinajstić information content (AvgIpc) is 2.98. The van der Waals surface area contributed by atoms with Crippen molar-refractivity contribution in [3.8, 4) is 0 Å². The van der Waals surface area contributed by atoms with Gasteiger partial charge in [-0.25, -0.2) is 0 Å². The molecule has 5 heteroatoms. The summed E-state index contributed by atoms with van der Waals surface area (Å²) in [6.45, 7) is 6.27. The van der Waals surface area contributed by atoms with Gasteiger partial charge in [0.1, 0.15) is 6.26 Å². The van der Waals surface area contributed by atoms with Crippen LogP contribution in [0.5, 0.6) is 0 Å². The molecule has 1 heterocycles. The molecule has 0 saturated heterocycles. The summed E-state index contributed by atoms with van der Waals surface area (Å²) in [5.74, 6) is -0.573. The molecule has 0 aliphatic carbocycles. The second kappa shape index (κ2) is 5.91. The first-order chi connectivity index (χ1) is 9.88. The third-order valence-corrected chi connectivity index (χ3v) is 3.15. The molecule has 1 aromatic heterocycles. The maximum Gasteiger partial charge on any atom is 0.273 e. The quantitative estimate of drug-likeness (QED) is 0.877. The molecule has 1 N–H and O–H groups in total. The molecule has 2 rings (SSSR count). The van der Waals surface area contributed by atoms with E-state index in [9.17, 15) is 9.59 Å². The lowest BCUT2D eigenvalue weighted by atomic mass is 9.86. The third kappa shape index (κ3) is 3.78. The third-order valence-electron chi connectivity index (χ3n) is 3.15. The van der Waals surface area contributed by atoms with Crippen LogP contribution in [0.1, 0.15) is 47.2 Å². The zero-order valence-electron chi connectivity index (χ0n) is 12.3. The number of hydrogen-bond acceptors (Lipinski definition) is 4. The van der Waals surface area contributed by atoms with Gasteiger partial charge in [0.05, 0.1) is 6.54 Å². The maximum atomic E-state index is 12.0. The molecule has 0 radical (unpaired) electrons. The number of carbonyl (C=O) groups excluding carboxylic acids is 2. The largest absolute Gasteiger partial charge is 0.364 e. The van der Waals surface area contributed by atoms with Gasteiger partial charge < -0.3 is 9.84 Å². The van der Waals surface area contributed by atoms with Crippen molar-refractivity contribution in [1.82, 2.24) is 10.5 Å². The van der Waals surface area contributed by atoms with Gasteiger partial charge in [0.15, 0.2) is 11.5 Å². The van der Waals surface area contributed by atoms with Crippen molar-refractivity contribution in [3.05, 3.63) is 53.4 Å². The van der Waals surface area contributed by atoms with Crippen LogP contribution in [0.25, 0.3) is 0 Å². The fourth-order valence-electron chi connectivity index (χ4n) is 1.84. The lowest BCUT2D eigenvalue weighted by Gasteiger charge is -2.19. The number of rotatable bonds is 4. The number of aromatic nitrogens is 1. The SMILES string of the molecule is CC(C)(C)c1ccc(C(=O)CNC(=O)c2ccon2)cc1. The Labute approximate surface area is 123 Å². The minimum Gasteiger partial charge on any atom is -0.364 e. The van der Waals surface area contributed by atoms with E-state index in [0.717, 1.165) is 5.56 Å². The summed E-state index contributed by atoms with van der Waals surface area (Å²) in [5.41, 5.74) is 1.93. The van der Waals surface area contributed by atoms with Crippen LogP contribution >= 0.6 is 0 Å². The Morgan fingerprint density at radius 3 is 2.33 bits per heavy atom. The summed E-state index contributed by atoms with van der Waals surface area (Å²) < 4.78 is 4.58. The fourth-order valence-corrected chi connectivity index (χ4v) is 1.84. The highest BCUT2D eigenvalue weighted by atomic mass is 16.5. The van der Waals surface area contributed by atoms with Crippen molar-refractivity contribution in [2.45, 2.75) is 26.2 Å². The van der Waals surface area contributed by atoms with Crippen molar-refractivity contribution in [2.24, 2.45) is 0 Å². The number of nitrogens with one attached hydrogen (secondary N) is 1. The first-order valence-corrected chi connectivity index (χ1v) is 6.70. The number of Topliss-reactive ketones (excluding diaryl/α,β-unsaturated/α-hetero) is 1. The van der Waals surface area contributed by atoms with Gasteiger partial charge in [0.25, 0.3) is 5.91 Å². The van der Waals surface area contributed by atoms with Gasteiger partial charge in [-0.1, -0.05) is 50.2 Å². The van der Waals surface area contributed by atoms with E-state index in [1.807, 2.05) is 12.1 Å². The smallest absolute Gasteiger partial charge is 0.273 e. The Hall–Kier alpha value is -2.43. The minimum absolute atomic E-state index is 0.0444. The molecule has 2 aromatic rings. The number of ketones is 1.